The molecule has 0 aromatic carbocycles. The second-order valence-electron chi connectivity index (χ2n) is 3.72. The summed E-state index contributed by atoms with van der Waals surface area (Å²) >= 11 is 5.01. The fourth-order valence-electron chi connectivity index (χ4n) is 1.78. The smallest absolute Gasteiger partial charge is 0.183 e. The molecule has 0 amide bonds. The van der Waals surface area contributed by atoms with Gasteiger partial charge in [-0.25, -0.2) is 4.98 Å². The lowest BCUT2D eigenvalue weighted by molar-refractivity contribution is 0.261. The quantitative estimate of drug-likeness (QED) is 0.899. The van der Waals surface area contributed by atoms with Crippen LogP contribution in [-0.2, 0) is 0 Å². The zero-order valence-corrected chi connectivity index (χ0v) is 10.6. The normalized spacial score (nSPS) is 23.7. The monoisotopic (exact) mass is 275 g/mol. The maximum atomic E-state index is 4.34. The van der Waals surface area contributed by atoms with Crippen molar-refractivity contribution in [1.29, 1.82) is 0 Å². The van der Waals surface area contributed by atoms with Crippen molar-refractivity contribution >= 4 is 32.4 Å². The molecule has 1 N–H and O–H groups in total. The minimum atomic E-state index is 0.562. The number of piperidine rings is 1. The fraction of sp³-hybridized carbons (Fsp3) is 0.667. The average Bonchev–Trinajstić information content (AvgIpc) is 2.51. The molecule has 5 heteroatoms. The Balaban J connectivity index is 1.90. The molecule has 1 aromatic rings. The molecule has 1 aromatic heterocycles. The summed E-state index contributed by atoms with van der Waals surface area (Å²) in [6, 6.07) is 0.562. The first-order valence-electron chi connectivity index (χ1n) is 4.80. The number of likely N-dealkylation sites (N-methyl/N-ethyl adjacent to an activating group) is 1. The molecule has 1 fully saturated rings. The van der Waals surface area contributed by atoms with Crippen LogP contribution < -0.4 is 5.32 Å². The molecule has 2 rings (SSSR count). The molecule has 1 unspecified atom stereocenters. The summed E-state index contributed by atoms with van der Waals surface area (Å²) < 4.78 is 0.925. The van der Waals surface area contributed by atoms with Gasteiger partial charge in [0.1, 0.15) is 4.60 Å². The van der Waals surface area contributed by atoms with Gasteiger partial charge in [0, 0.05) is 18.0 Å². The Bertz CT molecular complexity index is 302. The number of halogens is 1. The highest BCUT2D eigenvalue weighted by molar-refractivity contribution is 9.10. The van der Waals surface area contributed by atoms with Crippen LogP contribution in [0.25, 0.3) is 0 Å². The van der Waals surface area contributed by atoms with Crippen molar-refractivity contribution < 1.29 is 0 Å². The van der Waals surface area contributed by atoms with Crippen molar-refractivity contribution in [2.45, 2.75) is 18.9 Å². The summed E-state index contributed by atoms with van der Waals surface area (Å²) in [5.74, 6) is 0. The van der Waals surface area contributed by atoms with Crippen molar-refractivity contribution in [3.63, 3.8) is 0 Å². The number of rotatable bonds is 2. The van der Waals surface area contributed by atoms with E-state index in [1.54, 1.807) is 11.3 Å². The van der Waals surface area contributed by atoms with Crippen LogP contribution in [0.4, 0.5) is 5.13 Å². The Kier molecular flexibility index (Phi) is 3.41. The van der Waals surface area contributed by atoms with E-state index in [1.165, 1.54) is 19.4 Å². The van der Waals surface area contributed by atoms with Gasteiger partial charge in [-0.1, -0.05) is 0 Å². The number of hydrogen-bond acceptors (Lipinski definition) is 4. The van der Waals surface area contributed by atoms with Crippen molar-refractivity contribution in [2.24, 2.45) is 0 Å². The Morgan fingerprint density at radius 2 is 2.57 bits per heavy atom. The van der Waals surface area contributed by atoms with Crippen molar-refractivity contribution in [3.8, 4) is 0 Å². The standard InChI is InChI=1S/C9H14BrN3S/c1-13-4-2-3-7(5-13)11-9-12-8(10)6-14-9/h6-7H,2-5H2,1H3,(H,11,12). The zero-order chi connectivity index (χ0) is 9.97. The molecule has 2 heterocycles. The van der Waals surface area contributed by atoms with E-state index >= 15 is 0 Å². The average molecular weight is 276 g/mol. The second kappa shape index (κ2) is 4.59. The first kappa shape index (κ1) is 10.4. The number of likely N-dealkylation sites (tertiary alicyclic amines) is 1. The highest BCUT2D eigenvalue weighted by Crippen LogP contribution is 2.22. The summed E-state index contributed by atoms with van der Waals surface area (Å²) in [4.78, 5) is 6.70. The van der Waals surface area contributed by atoms with Crippen molar-refractivity contribution in [3.05, 3.63) is 9.98 Å². The third-order valence-corrected chi connectivity index (χ3v) is 3.91. The predicted octanol–water partition coefficient (Wildman–Crippen LogP) is 2.41. The molecule has 0 saturated carbocycles. The van der Waals surface area contributed by atoms with Gasteiger partial charge in [-0.05, 0) is 42.4 Å². The molecule has 78 valence electrons. The summed E-state index contributed by atoms with van der Waals surface area (Å²) in [5.41, 5.74) is 0. The van der Waals surface area contributed by atoms with Crippen LogP contribution in [0.5, 0.6) is 0 Å². The van der Waals surface area contributed by atoms with Crippen molar-refractivity contribution in [2.75, 3.05) is 25.5 Å². The van der Waals surface area contributed by atoms with Gasteiger partial charge in [-0.15, -0.1) is 11.3 Å². The van der Waals surface area contributed by atoms with E-state index in [2.05, 4.69) is 38.2 Å². The molecule has 0 radical (unpaired) electrons. The van der Waals surface area contributed by atoms with Crippen LogP contribution in [0, 0.1) is 0 Å². The van der Waals surface area contributed by atoms with Gasteiger partial charge in [0.15, 0.2) is 5.13 Å². The Hall–Kier alpha value is -0.130. The number of nitrogens with zero attached hydrogens (tertiary/aromatic N) is 2. The molecule has 0 spiro atoms. The van der Waals surface area contributed by atoms with E-state index in [4.69, 9.17) is 0 Å². The summed E-state index contributed by atoms with van der Waals surface area (Å²) in [6.45, 7) is 2.34. The molecule has 3 nitrogen and oxygen atoms in total. The Morgan fingerprint density at radius 1 is 1.71 bits per heavy atom. The molecule has 14 heavy (non-hydrogen) atoms. The van der Waals surface area contributed by atoms with Gasteiger partial charge in [-0.2, -0.15) is 0 Å². The number of nitrogens with one attached hydrogen (secondary N) is 1. The van der Waals surface area contributed by atoms with Crippen LogP contribution in [-0.4, -0.2) is 36.1 Å². The van der Waals surface area contributed by atoms with Gasteiger partial charge in [0.25, 0.3) is 0 Å². The van der Waals surface area contributed by atoms with E-state index < -0.39 is 0 Å². The molecule has 1 aliphatic heterocycles. The Morgan fingerprint density at radius 3 is 3.21 bits per heavy atom. The van der Waals surface area contributed by atoms with Gasteiger partial charge < -0.3 is 10.2 Å². The minimum absolute atomic E-state index is 0.562. The first-order valence-corrected chi connectivity index (χ1v) is 6.47. The van der Waals surface area contributed by atoms with Crippen molar-refractivity contribution in [1.82, 2.24) is 9.88 Å². The topological polar surface area (TPSA) is 28.2 Å². The third-order valence-electron chi connectivity index (χ3n) is 2.43. The molecule has 1 saturated heterocycles. The molecule has 1 aliphatic rings. The lowest BCUT2D eigenvalue weighted by Gasteiger charge is -2.29. The number of aromatic nitrogens is 1. The maximum absolute atomic E-state index is 4.34. The lowest BCUT2D eigenvalue weighted by Crippen LogP contribution is -2.39. The van der Waals surface area contributed by atoms with Crippen LogP contribution >= 0.6 is 27.3 Å². The van der Waals surface area contributed by atoms with Gasteiger partial charge in [0.05, 0.1) is 0 Å². The summed E-state index contributed by atoms with van der Waals surface area (Å²) in [7, 11) is 2.17. The van der Waals surface area contributed by atoms with Crippen LogP contribution in [0.2, 0.25) is 0 Å². The minimum Gasteiger partial charge on any atom is -0.357 e. The lowest BCUT2D eigenvalue weighted by atomic mass is 10.1. The molecular formula is C9H14BrN3S. The van der Waals surface area contributed by atoms with Gasteiger partial charge in [0.2, 0.25) is 0 Å². The SMILES string of the molecule is CN1CCCC(Nc2nc(Br)cs2)C1. The molecule has 1 atom stereocenters. The van der Waals surface area contributed by atoms with Gasteiger partial charge in [-0.3, -0.25) is 0 Å². The third kappa shape index (κ3) is 2.68. The zero-order valence-electron chi connectivity index (χ0n) is 8.16. The number of anilines is 1. The molecule has 0 bridgehead atoms. The number of thiazole rings is 1. The highest BCUT2D eigenvalue weighted by Gasteiger charge is 2.17. The molecular weight excluding hydrogens is 262 g/mol. The fourth-order valence-corrected chi connectivity index (χ4v) is 3.00. The van der Waals surface area contributed by atoms with Gasteiger partial charge >= 0.3 is 0 Å². The van der Waals surface area contributed by atoms with E-state index in [-0.39, 0.29) is 0 Å². The van der Waals surface area contributed by atoms with E-state index in [9.17, 15) is 0 Å². The van der Waals surface area contributed by atoms with Crippen LogP contribution in [0.15, 0.2) is 9.98 Å². The first-order chi connectivity index (χ1) is 6.74. The summed E-state index contributed by atoms with van der Waals surface area (Å²) in [6.07, 6.45) is 2.53. The Labute approximate surface area is 96.7 Å². The van der Waals surface area contributed by atoms with Crippen LogP contribution in [0.3, 0.4) is 0 Å². The second-order valence-corrected chi connectivity index (χ2v) is 5.39. The van der Waals surface area contributed by atoms with E-state index in [1.807, 2.05) is 5.38 Å². The predicted molar refractivity (Wildman–Crippen MR) is 64.0 cm³/mol. The maximum Gasteiger partial charge on any atom is 0.183 e. The molecule has 0 aliphatic carbocycles. The van der Waals surface area contributed by atoms with E-state index in [0.29, 0.717) is 6.04 Å². The highest BCUT2D eigenvalue weighted by atomic mass is 79.9. The number of hydrogen-bond donors (Lipinski definition) is 1. The largest absolute Gasteiger partial charge is 0.357 e. The van der Waals surface area contributed by atoms with E-state index in [0.717, 1.165) is 16.3 Å². The summed E-state index contributed by atoms with van der Waals surface area (Å²) in [5, 5.41) is 6.50. The van der Waals surface area contributed by atoms with Crippen LogP contribution in [0.1, 0.15) is 12.8 Å².